The first-order valence-electron chi connectivity index (χ1n) is 9.30. The molecule has 3 heteroatoms. The molecule has 1 aliphatic heterocycles. The third kappa shape index (κ3) is 2.41. The summed E-state index contributed by atoms with van der Waals surface area (Å²) in [5.74, 6) is 1.14. The first-order valence-corrected chi connectivity index (χ1v) is 15.4. The quantitative estimate of drug-likeness (QED) is 0.579. The summed E-state index contributed by atoms with van der Waals surface area (Å²) in [4.78, 5) is 0. The Morgan fingerprint density at radius 2 is 1.96 bits per heavy atom. The number of rotatable bonds is 5. The maximum atomic E-state index is 6.53. The van der Waals surface area contributed by atoms with E-state index in [1.165, 1.54) is 30.0 Å². The minimum absolute atomic E-state index is 1.05. The lowest BCUT2D eigenvalue weighted by Gasteiger charge is -2.26. The van der Waals surface area contributed by atoms with Gasteiger partial charge in [-0.15, -0.1) is 0 Å². The van der Waals surface area contributed by atoms with E-state index in [4.69, 9.17) is 4.43 Å². The Kier molecular flexibility index (Phi) is 3.59. The largest absolute Gasteiger partial charge is 0.544 e. The lowest BCUT2D eigenvalue weighted by Crippen LogP contribution is -2.30. The van der Waals surface area contributed by atoms with Gasteiger partial charge < -0.3 is 4.43 Å². The molecule has 0 aromatic heterocycles. The first-order chi connectivity index (χ1) is 11.3. The summed E-state index contributed by atoms with van der Waals surface area (Å²) in [5, 5.41) is 3.61. The number of fused-ring (bicyclic) bond motifs is 2. The van der Waals surface area contributed by atoms with Gasteiger partial charge in [0, 0.05) is 5.56 Å². The molecule has 4 rings (SSSR count). The highest BCUT2D eigenvalue weighted by Gasteiger charge is 2.55. The second-order valence-electron chi connectivity index (χ2n) is 8.62. The SMILES string of the molecule is CCC[Si]1(C)C2=C1c1c(ccc(O[Si](C)(C)C)c1C1=CC=CC1)C2. The van der Waals surface area contributed by atoms with Crippen LogP contribution >= 0.6 is 0 Å². The third-order valence-electron chi connectivity index (χ3n) is 5.59. The second-order valence-corrected chi connectivity index (χ2v) is 17.3. The first kappa shape index (κ1) is 16.2. The number of hydrogen-bond donors (Lipinski definition) is 0. The van der Waals surface area contributed by atoms with E-state index in [1.807, 2.05) is 5.20 Å². The molecule has 1 heterocycles. The Bertz CT molecular complexity index is 808. The van der Waals surface area contributed by atoms with Crippen LogP contribution in [0.4, 0.5) is 0 Å². The van der Waals surface area contributed by atoms with Gasteiger partial charge in [-0.3, -0.25) is 0 Å². The van der Waals surface area contributed by atoms with Gasteiger partial charge in [-0.05, 0) is 55.2 Å². The van der Waals surface area contributed by atoms with Gasteiger partial charge in [0.2, 0.25) is 8.32 Å². The molecule has 1 aromatic rings. The van der Waals surface area contributed by atoms with E-state index < -0.39 is 16.4 Å². The predicted molar refractivity (Wildman–Crippen MR) is 109 cm³/mol. The molecule has 2 aliphatic carbocycles. The van der Waals surface area contributed by atoms with Crippen LogP contribution in [0.15, 0.2) is 35.6 Å². The highest BCUT2D eigenvalue weighted by atomic mass is 28.4. The maximum Gasteiger partial charge on any atom is 0.242 e. The van der Waals surface area contributed by atoms with Gasteiger partial charge in [-0.2, -0.15) is 0 Å². The zero-order valence-corrected chi connectivity index (χ0v) is 17.6. The highest BCUT2D eigenvalue weighted by molar-refractivity contribution is 7.14. The van der Waals surface area contributed by atoms with Crippen LogP contribution in [0.25, 0.3) is 10.8 Å². The smallest absolute Gasteiger partial charge is 0.242 e. The molecule has 0 amide bonds. The van der Waals surface area contributed by atoms with Crippen molar-refractivity contribution in [3.8, 4) is 5.75 Å². The van der Waals surface area contributed by atoms with Crippen molar-refractivity contribution in [1.29, 1.82) is 0 Å². The van der Waals surface area contributed by atoms with Crippen LogP contribution in [-0.4, -0.2) is 16.4 Å². The maximum absolute atomic E-state index is 6.53. The minimum atomic E-state index is -1.62. The Hall–Kier alpha value is -1.33. The fraction of sp³-hybridized carbons (Fsp3) is 0.429. The molecule has 0 fully saturated rings. The van der Waals surface area contributed by atoms with Crippen LogP contribution in [0, 0.1) is 0 Å². The summed E-state index contributed by atoms with van der Waals surface area (Å²) in [7, 11) is -2.85. The topological polar surface area (TPSA) is 9.23 Å². The molecular weight excluding hydrogens is 324 g/mol. The summed E-state index contributed by atoms with van der Waals surface area (Å²) < 4.78 is 6.53. The molecule has 0 saturated carbocycles. The molecule has 1 nitrogen and oxygen atoms in total. The van der Waals surface area contributed by atoms with Crippen LogP contribution in [0.1, 0.15) is 36.5 Å². The molecule has 1 atom stereocenters. The van der Waals surface area contributed by atoms with Crippen molar-refractivity contribution >= 4 is 27.2 Å². The molecule has 3 aliphatic rings. The number of hydrogen-bond acceptors (Lipinski definition) is 1. The molecule has 0 N–H and O–H groups in total. The molecule has 0 bridgehead atoms. The highest BCUT2D eigenvalue weighted by Crippen LogP contribution is 2.61. The fourth-order valence-electron chi connectivity index (χ4n) is 4.59. The van der Waals surface area contributed by atoms with Crippen molar-refractivity contribution in [1.82, 2.24) is 0 Å². The Morgan fingerprint density at radius 1 is 1.17 bits per heavy atom. The summed E-state index contributed by atoms with van der Waals surface area (Å²) in [5.41, 5.74) is 6.01. The number of benzene rings is 1. The van der Waals surface area contributed by atoms with Crippen LogP contribution in [0.2, 0.25) is 32.2 Å². The van der Waals surface area contributed by atoms with E-state index in [0.29, 0.717) is 0 Å². The predicted octanol–water partition coefficient (Wildman–Crippen LogP) is 6.13. The average Bonchev–Trinajstić information content (AvgIpc) is 2.94. The normalized spacial score (nSPS) is 24.1. The van der Waals surface area contributed by atoms with Gasteiger partial charge in [0.1, 0.15) is 13.8 Å². The lowest BCUT2D eigenvalue weighted by molar-refractivity contribution is 0.555. The van der Waals surface area contributed by atoms with Crippen molar-refractivity contribution in [2.24, 2.45) is 0 Å². The van der Waals surface area contributed by atoms with Crippen molar-refractivity contribution in [2.75, 3.05) is 0 Å². The summed E-state index contributed by atoms with van der Waals surface area (Å²) in [6.45, 7) is 11.8. The molecular formula is C21H28OSi2. The van der Waals surface area contributed by atoms with E-state index in [-0.39, 0.29) is 0 Å². The van der Waals surface area contributed by atoms with E-state index in [0.717, 1.165) is 12.2 Å². The van der Waals surface area contributed by atoms with Gasteiger partial charge in [0.25, 0.3) is 0 Å². The van der Waals surface area contributed by atoms with Gasteiger partial charge in [-0.25, -0.2) is 0 Å². The van der Waals surface area contributed by atoms with Crippen LogP contribution in [-0.2, 0) is 6.42 Å². The van der Waals surface area contributed by atoms with Gasteiger partial charge in [0.05, 0.1) is 0 Å². The van der Waals surface area contributed by atoms with Gasteiger partial charge in [0.15, 0.2) is 0 Å². The zero-order chi connectivity index (χ0) is 17.1. The van der Waals surface area contributed by atoms with E-state index >= 15 is 0 Å². The Balaban J connectivity index is 1.83. The molecule has 0 spiro atoms. The zero-order valence-electron chi connectivity index (χ0n) is 15.6. The Morgan fingerprint density at radius 3 is 2.58 bits per heavy atom. The molecule has 126 valence electrons. The summed E-state index contributed by atoms with van der Waals surface area (Å²) in [6.07, 6.45) is 10.4. The van der Waals surface area contributed by atoms with E-state index in [1.54, 1.807) is 16.3 Å². The van der Waals surface area contributed by atoms with Crippen molar-refractivity contribution in [3.05, 3.63) is 52.2 Å². The summed E-state index contributed by atoms with van der Waals surface area (Å²) >= 11 is 0. The van der Waals surface area contributed by atoms with Crippen molar-refractivity contribution in [2.45, 2.75) is 58.4 Å². The summed E-state index contributed by atoms with van der Waals surface area (Å²) in [6, 6.07) is 6.01. The monoisotopic (exact) mass is 352 g/mol. The van der Waals surface area contributed by atoms with Crippen molar-refractivity contribution in [3.63, 3.8) is 0 Å². The van der Waals surface area contributed by atoms with Gasteiger partial charge >= 0.3 is 0 Å². The number of allylic oxidation sites excluding steroid dienone is 5. The van der Waals surface area contributed by atoms with Crippen LogP contribution < -0.4 is 4.43 Å². The van der Waals surface area contributed by atoms with Crippen molar-refractivity contribution < 1.29 is 4.43 Å². The lowest BCUT2D eigenvalue weighted by atomic mass is 9.95. The minimum Gasteiger partial charge on any atom is -0.544 e. The molecule has 0 radical (unpaired) electrons. The molecule has 1 aromatic carbocycles. The molecule has 24 heavy (non-hydrogen) atoms. The van der Waals surface area contributed by atoms with E-state index in [2.05, 4.69) is 63.5 Å². The third-order valence-corrected chi connectivity index (χ3v) is 11.1. The van der Waals surface area contributed by atoms with Crippen LogP contribution in [0.5, 0.6) is 5.75 Å². The van der Waals surface area contributed by atoms with E-state index in [9.17, 15) is 0 Å². The van der Waals surface area contributed by atoms with Gasteiger partial charge in [-0.1, -0.05) is 60.6 Å². The van der Waals surface area contributed by atoms with Crippen LogP contribution in [0.3, 0.4) is 0 Å². The average molecular weight is 353 g/mol. The standard InChI is InChI=1S/C21H28OSi2/c1-6-13-24(5)18-14-16-11-12-17(22-23(2,3)4)19(20(16)21(18)24)15-9-7-8-10-15/h7-9,11-12H,6,10,13-14H2,1-5H3. The Labute approximate surface area is 148 Å². The molecule has 0 saturated heterocycles. The molecule has 1 unspecified atom stereocenters. The second kappa shape index (κ2) is 5.33. The fourth-order valence-corrected chi connectivity index (χ4v) is 10.2.